The number of likely N-dealkylation sites (tertiary alicyclic amines) is 1. The van der Waals surface area contributed by atoms with Gasteiger partial charge in [0.15, 0.2) is 0 Å². The summed E-state index contributed by atoms with van der Waals surface area (Å²) in [5.74, 6) is -0.956. The van der Waals surface area contributed by atoms with Crippen LogP contribution in [0.1, 0.15) is 34.8 Å². The molecule has 1 aliphatic heterocycles. The molecule has 0 saturated carbocycles. The van der Waals surface area contributed by atoms with Gasteiger partial charge in [-0.2, -0.15) is 15.7 Å². The molecule has 1 unspecified atom stereocenters. The molecule has 0 spiro atoms. The van der Waals surface area contributed by atoms with Crippen LogP contribution in [0.15, 0.2) is 35.2 Å². The number of rotatable bonds is 2. The summed E-state index contributed by atoms with van der Waals surface area (Å²) < 4.78 is 13.6. The van der Waals surface area contributed by atoms with Gasteiger partial charge in [-0.05, 0) is 47.4 Å². The molecule has 0 bridgehead atoms. The van der Waals surface area contributed by atoms with Crippen LogP contribution >= 0.6 is 11.3 Å². The fourth-order valence-electron chi connectivity index (χ4n) is 2.52. The van der Waals surface area contributed by atoms with Gasteiger partial charge in [0.25, 0.3) is 5.91 Å². The van der Waals surface area contributed by atoms with Crippen molar-refractivity contribution in [2.45, 2.75) is 18.9 Å². The monoisotopic (exact) mass is 276 g/mol. The molecule has 0 aliphatic carbocycles. The molecule has 3 heterocycles. The average molecular weight is 276 g/mol. The van der Waals surface area contributed by atoms with Gasteiger partial charge in [-0.15, -0.1) is 0 Å². The van der Waals surface area contributed by atoms with Gasteiger partial charge < -0.3 is 4.90 Å². The Kier molecular flexibility index (Phi) is 3.29. The zero-order valence-electron chi connectivity index (χ0n) is 10.3. The van der Waals surface area contributed by atoms with E-state index >= 15 is 0 Å². The summed E-state index contributed by atoms with van der Waals surface area (Å²) in [6.07, 6.45) is 3.24. The van der Waals surface area contributed by atoms with Gasteiger partial charge in [-0.1, -0.05) is 0 Å². The summed E-state index contributed by atoms with van der Waals surface area (Å²) in [5.41, 5.74) is 1.20. The number of pyridine rings is 1. The van der Waals surface area contributed by atoms with Crippen LogP contribution in [0.2, 0.25) is 0 Å². The molecule has 1 fully saturated rings. The molecule has 0 aromatic carbocycles. The minimum atomic E-state index is -0.691. The minimum Gasteiger partial charge on any atom is -0.331 e. The normalized spacial score (nSPS) is 18.8. The Bertz CT molecular complexity index is 585. The highest BCUT2D eigenvalue weighted by atomic mass is 32.1. The van der Waals surface area contributed by atoms with Gasteiger partial charge in [-0.3, -0.25) is 4.79 Å². The molecule has 3 rings (SSSR count). The fourth-order valence-corrected chi connectivity index (χ4v) is 3.23. The van der Waals surface area contributed by atoms with Crippen molar-refractivity contribution in [2.24, 2.45) is 0 Å². The Morgan fingerprint density at radius 2 is 2.37 bits per heavy atom. The average Bonchev–Trinajstić information content (AvgIpc) is 3.09. The Morgan fingerprint density at radius 3 is 3.11 bits per heavy atom. The van der Waals surface area contributed by atoms with Gasteiger partial charge in [0.1, 0.15) is 0 Å². The number of aromatic nitrogens is 1. The van der Waals surface area contributed by atoms with E-state index in [2.05, 4.69) is 10.4 Å². The Hall–Kier alpha value is -1.75. The van der Waals surface area contributed by atoms with Crippen LogP contribution in [0.25, 0.3) is 0 Å². The fraction of sp³-hybridized carbons (Fsp3) is 0.286. The van der Waals surface area contributed by atoms with Crippen molar-refractivity contribution in [2.75, 3.05) is 6.54 Å². The highest BCUT2D eigenvalue weighted by molar-refractivity contribution is 7.07. The first-order valence-corrected chi connectivity index (χ1v) is 7.15. The van der Waals surface area contributed by atoms with E-state index in [0.717, 1.165) is 18.4 Å². The van der Waals surface area contributed by atoms with Crippen LogP contribution in [0.4, 0.5) is 4.39 Å². The number of halogens is 1. The number of carbonyl (C=O) groups is 1. The van der Waals surface area contributed by atoms with Gasteiger partial charge in [0, 0.05) is 12.7 Å². The number of thiophene rings is 1. The van der Waals surface area contributed by atoms with Crippen LogP contribution in [-0.2, 0) is 0 Å². The van der Waals surface area contributed by atoms with Crippen LogP contribution in [0, 0.1) is 5.95 Å². The van der Waals surface area contributed by atoms with Crippen molar-refractivity contribution in [3.8, 4) is 0 Å². The summed E-state index contributed by atoms with van der Waals surface area (Å²) in [5, 5.41) is 4.05. The molecule has 3 nitrogen and oxygen atoms in total. The number of nitrogens with zero attached hydrogens (tertiary/aromatic N) is 2. The summed E-state index contributed by atoms with van der Waals surface area (Å²) in [6.45, 7) is 0.674. The lowest BCUT2D eigenvalue weighted by atomic mass is 10.1. The van der Waals surface area contributed by atoms with Crippen molar-refractivity contribution in [3.05, 3.63) is 52.2 Å². The lowest BCUT2D eigenvalue weighted by Gasteiger charge is -2.24. The molecular weight excluding hydrogens is 263 g/mol. The van der Waals surface area contributed by atoms with Crippen molar-refractivity contribution in [1.82, 2.24) is 9.88 Å². The smallest absolute Gasteiger partial charge is 0.259 e. The maximum Gasteiger partial charge on any atom is 0.259 e. The number of hydrogen-bond donors (Lipinski definition) is 0. The van der Waals surface area contributed by atoms with Crippen LogP contribution in [0.5, 0.6) is 0 Å². The second-order valence-corrected chi connectivity index (χ2v) is 5.34. The quantitative estimate of drug-likeness (QED) is 0.789. The van der Waals surface area contributed by atoms with E-state index in [1.807, 2.05) is 11.4 Å². The standard InChI is InChI=1S/C14H13FN2OS/c15-13-11(3-1-6-16-13)14(18)17-7-2-4-12(17)10-5-8-19-9-10/h1,3,5-6,8-9,12H,2,4,7H2. The van der Waals surface area contributed by atoms with Gasteiger partial charge in [-0.25, -0.2) is 4.98 Å². The lowest BCUT2D eigenvalue weighted by Crippen LogP contribution is -2.31. The topological polar surface area (TPSA) is 33.2 Å². The molecule has 0 N–H and O–H groups in total. The van der Waals surface area contributed by atoms with Crippen LogP contribution in [-0.4, -0.2) is 22.3 Å². The third-order valence-electron chi connectivity index (χ3n) is 3.43. The van der Waals surface area contributed by atoms with E-state index < -0.39 is 5.95 Å². The maximum absolute atomic E-state index is 13.6. The molecule has 2 aromatic rings. The van der Waals surface area contributed by atoms with E-state index in [9.17, 15) is 9.18 Å². The number of amides is 1. The molecule has 19 heavy (non-hydrogen) atoms. The van der Waals surface area contributed by atoms with Crippen LogP contribution in [0.3, 0.4) is 0 Å². The number of hydrogen-bond acceptors (Lipinski definition) is 3. The third-order valence-corrected chi connectivity index (χ3v) is 4.13. The van der Waals surface area contributed by atoms with Crippen molar-refractivity contribution in [3.63, 3.8) is 0 Å². The van der Waals surface area contributed by atoms with Crippen molar-refractivity contribution in [1.29, 1.82) is 0 Å². The summed E-state index contributed by atoms with van der Waals surface area (Å²) in [4.78, 5) is 17.7. The second-order valence-electron chi connectivity index (χ2n) is 4.56. The van der Waals surface area contributed by atoms with Crippen LogP contribution < -0.4 is 0 Å². The lowest BCUT2D eigenvalue weighted by molar-refractivity contribution is 0.0730. The summed E-state index contributed by atoms with van der Waals surface area (Å²) in [7, 11) is 0. The van der Waals surface area contributed by atoms with Gasteiger partial charge in [0.05, 0.1) is 11.6 Å². The van der Waals surface area contributed by atoms with Crippen molar-refractivity contribution >= 4 is 17.2 Å². The number of carbonyl (C=O) groups excluding carboxylic acids is 1. The molecule has 0 radical (unpaired) electrons. The molecule has 5 heteroatoms. The summed E-state index contributed by atoms with van der Waals surface area (Å²) in [6, 6.07) is 5.18. The van der Waals surface area contributed by atoms with Gasteiger partial charge in [0.2, 0.25) is 5.95 Å². The van der Waals surface area contributed by atoms with E-state index in [-0.39, 0.29) is 17.5 Å². The van der Waals surface area contributed by atoms with E-state index in [0.29, 0.717) is 6.54 Å². The molecule has 1 amide bonds. The Morgan fingerprint density at radius 1 is 1.47 bits per heavy atom. The van der Waals surface area contributed by atoms with E-state index in [1.54, 1.807) is 22.3 Å². The zero-order valence-corrected chi connectivity index (χ0v) is 11.1. The second kappa shape index (κ2) is 5.09. The zero-order chi connectivity index (χ0) is 13.2. The van der Waals surface area contributed by atoms with E-state index in [4.69, 9.17) is 0 Å². The predicted molar refractivity (Wildman–Crippen MR) is 71.5 cm³/mol. The minimum absolute atomic E-state index is 0.0598. The van der Waals surface area contributed by atoms with Crippen molar-refractivity contribution < 1.29 is 9.18 Å². The molecule has 1 atom stereocenters. The molecule has 1 aliphatic rings. The molecule has 1 saturated heterocycles. The first-order chi connectivity index (χ1) is 9.27. The molecule has 2 aromatic heterocycles. The Labute approximate surface area is 114 Å². The third kappa shape index (κ3) is 2.26. The summed E-state index contributed by atoms with van der Waals surface area (Å²) >= 11 is 1.61. The predicted octanol–water partition coefficient (Wildman–Crippen LogP) is 3.26. The first kappa shape index (κ1) is 12.3. The maximum atomic E-state index is 13.6. The van der Waals surface area contributed by atoms with E-state index in [1.165, 1.54) is 12.3 Å². The largest absolute Gasteiger partial charge is 0.331 e. The SMILES string of the molecule is O=C(c1cccnc1F)N1CCCC1c1ccsc1. The highest BCUT2D eigenvalue weighted by Crippen LogP contribution is 2.34. The first-order valence-electron chi connectivity index (χ1n) is 6.21. The van der Waals surface area contributed by atoms with Gasteiger partial charge >= 0.3 is 0 Å². The highest BCUT2D eigenvalue weighted by Gasteiger charge is 2.32. The Balaban J connectivity index is 1.89. The molecular formula is C14H13FN2OS. The molecule has 98 valence electrons.